The molecule has 1 aromatic carbocycles. The van der Waals surface area contributed by atoms with E-state index in [1.807, 2.05) is 4.90 Å². The topological polar surface area (TPSA) is 40.5 Å². The standard InChI is InChI=1S/C16H16FNO2/c17-15-9-13(5-4-12(15)2-1-7-19)16(20)18-10-11-3-6-14(18)8-11/h4-5,9,11,14,19H,3,6-8,10H2. The van der Waals surface area contributed by atoms with E-state index in [4.69, 9.17) is 5.11 Å². The molecule has 1 heterocycles. The average Bonchev–Trinajstić information content (AvgIpc) is 3.08. The molecule has 1 N–H and O–H groups in total. The summed E-state index contributed by atoms with van der Waals surface area (Å²) in [6.45, 7) is 0.494. The average molecular weight is 273 g/mol. The van der Waals surface area contributed by atoms with Crippen LogP contribution in [0.15, 0.2) is 18.2 Å². The maximum absolute atomic E-state index is 13.9. The van der Waals surface area contributed by atoms with Crippen LogP contribution >= 0.6 is 0 Å². The summed E-state index contributed by atoms with van der Waals surface area (Å²) in [6, 6.07) is 4.69. The SMILES string of the molecule is O=C(c1ccc(C#CCO)c(F)c1)N1CC2CCC1C2. The Labute approximate surface area is 117 Å². The van der Waals surface area contributed by atoms with Crippen LogP contribution in [0.1, 0.15) is 35.2 Å². The van der Waals surface area contributed by atoms with Gasteiger partial charge in [-0.15, -0.1) is 0 Å². The summed E-state index contributed by atoms with van der Waals surface area (Å²) in [6.07, 6.45) is 3.37. The maximum Gasteiger partial charge on any atom is 0.254 e. The molecule has 4 heteroatoms. The van der Waals surface area contributed by atoms with E-state index in [-0.39, 0.29) is 18.1 Å². The van der Waals surface area contributed by atoms with Gasteiger partial charge in [0.15, 0.2) is 0 Å². The van der Waals surface area contributed by atoms with Gasteiger partial charge in [-0.2, -0.15) is 0 Å². The Hall–Kier alpha value is -1.86. The summed E-state index contributed by atoms with van der Waals surface area (Å²) < 4.78 is 13.9. The summed E-state index contributed by atoms with van der Waals surface area (Å²) in [4.78, 5) is 14.3. The van der Waals surface area contributed by atoms with Crippen LogP contribution < -0.4 is 0 Å². The molecule has 1 aliphatic heterocycles. The number of nitrogens with zero attached hydrogens (tertiary/aromatic N) is 1. The normalized spacial score (nSPS) is 23.6. The Morgan fingerprint density at radius 2 is 2.30 bits per heavy atom. The predicted octanol–water partition coefficient (Wildman–Crippen LogP) is 1.79. The molecule has 1 saturated carbocycles. The van der Waals surface area contributed by atoms with Crippen molar-refractivity contribution in [2.75, 3.05) is 13.2 Å². The number of carbonyl (C=O) groups is 1. The molecule has 2 atom stereocenters. The number of hydrogen-bond acceptors (Lipinski definition) is 2. The van der Waals surface area contributed by atoms with Crippen LogP contribution in [0.4, 0.5) is 4.39 Å². The Morgan fingerprint density at radius 1 is 1.45 bits per heavy atom. The number of halogens is 1. The molecule has 0 radical (unpaired) electrons. The van der Waals surface area contributed by atoms with Crippen molar-refractivity contribution in [3.05, 3.63) is 35.1 Å². The van der Waals surface area contributed by atoms with E-state index in [1.54, 1.807) is 6.07 Å². The number of likely N-dealkylation sites (tertiary alicyclic amines) is 1. The van der Waals surface area contributed by atoms with E-state index in [0.29, 0.717) is 17.5 Å². The van der Waals surface area contributed by atoms with Gasteiger partial charge in [0.1, 0.15) is 12.4 Å². The van der Waals surface area contributed by atoms with E-state index >= 15 is 0 Å². The van der Waals surface area contributed by atoms with Gasteiger partial charge in [-0.1, -0.05) is 11.8 Å². The largest absolute Gasteiger partial charge is 0.384 e. The highest BCUT2D eigenvalue weighted by molar-refractivity contribution is 5.94. The maximum atomic E-state index is 13.9. The van der Waals surface area contributed by atoms with Crippen LogP contribution in [0.3, 0.4) is 0 Å². The Morgan fingerprint density at radius 3 is 2.90 bits per heavy atom. The minimum absolute atomic E-state index is 0.0854. The molecule has 20 heavy (non-hydrogen) atoms. The Balaban J connectivity index is 1.80. The summed E-state index contributed by atoms with van der Waals surface area (Å²) in [5.74, 6) is 4.96. The molecular formula is C16H16FNO2. The third-order valence-electron chi connectivity index (χ3n) is 4.19. The van der Waals surface area contributed by atoms with Gasteiger partial charge in [-0.3, -0.25) is 4.79 Å². The van der Waals surface area contributed by atoms with Gasteiger partial charge < -0.3 is 10.0 Å². The van der Waals surface area contributed by atoms with E-state index in [1.165, 1.54) is 18.6 Å². The molecule has 2 bridgehead atoms. The number of hydrogen-bond donors (Lipinski definition) is 1. The second-order valence-electron chi connectivity index (χ2n) is 5.44. The molecule has 3 nitrogen and oxygen atoms in total. The lowest BCUT2D eigenvalue weighted by Gasteiger charge is -2.27. The molecule has 2 aliphatic rings. The first-order valence-electron chi connectivity index (χ1n) is 6.89. The van der Waals surface area contributed by atoms with Crippen molar-refractivity contribution in [3.8, 4) is 11.8 Å². The molecule has 2 unspecified atom stereocenters. The second-order valence-corrected chi connectivity index (χ2v) is 5.44. The number of benzene rings is 1. The van der Waals surface area contributed by atoms with Gasteiger partial charge in [0, 0.05) is 18.2 Å². The van der Waals surface area contributed by atoms with Gasteiger partial charge in [0.25, 0.3) is 5.91 Å². The molecule has 1 aromatic rings. The number of amides is 1. The summed E-state index contributed by atoms with van der Waals surface area (Å²) in [7, 11) is 0. The molecule has 0 aromatic heterocycles. The van der Waals surface area contributed by atoms with Crippen molar-refractivity contribution < 1.29 is 14.3 Å². The van der Waals surface area contributed by atoms with E-state index in [9.17, 15) is 9.18 Å². The lowest BCUT2D eigenvalue weighted by molar-refractivity contribution is 0.0703. The van der Waals surface area contributed by atoms with Crippen molar-refractivity contribution >= 4 is 5.91 Å². The van der Waals surface area contributed by atoms with Crippen molar-refractivity contribution in [2.24, 2.45) is 5.92 Å². The van der Waals surface area contributed by atoms with Crippen molar-refractivity contribution in [1.82, 2.24) is 4.90 Å². The summed E-state index contributed by atoms with van der Waals surface area (Å²) in [5, 5.41) is 8.61. The molecular weight excluding hydrogens is 257 g/mol. The van der Waals surface area contributed by atoms with Crippen LogP contribution in [0.2, 0.25) is 0 Å². The van der Waals surface area contributed by atoms with Gasteiger partial charge in [-0.05, 0) is 43.4 Å². The van der Waals surface area contributed by atoms with E-state index in [2.05, 4.69) is 11.8 Å². The number of fused-ring (bicyclic) bond motifs is 2. The highest BCUT2D eigenvalue weighted by atomic mass is 19.1. The monoisotopic (exact) mass is 273 g/mol. The smallest absolute Gasteiger partial charge is 0.254 e. The zero-order valence-corrected chi connectivity index (χ0v) is 11.1. The Kier molecular flexibility index (Phi) is 3.45. The third kappa shape index (κ3) is 2.30. The fourth-order valence-corrected chi connectivity index (χ4v) is 3.22. The molecule has 3 rings (SSSR count). The summed E-state index contributed by atoms with van der Waals surface area (Å²) in [5.41, 5.74) is 0.586. The molecule has 2 fully saturated rings. The van der Waals surface area contributed by atoms with Crippen LogP contribution in [-0.2, 0) is 0 Å². The van der Waals surface area contributed by atoms with Gasteiger partial charge in [-0.25, -0.2) is 4.39 Å². The number of aliphatic hydroxyl groups excluding tert-OH is 1. The number of aliphatic hydroxyl groups is 1. The fourth-order valence-electron chi connectivity index (χ4n) is 3.22. The van der Waals surface area contributed by atoms with Crippen LogP contribution in [0.25, 0.3) is 0 Å². The van der Waals surface area contributed by atoms with Crippen molar-refractivity contribution in [1.29, 1.82) is 0 Å². The van der Waals surface area contributed by atoms with Crippen LogP contribution in [0.5, 0.6) is 0 Å². The van der Waals surface area contributed by atoms with Crippen molar-refractivity contribution in [2.45, 2.75) is 25.3 Å². The predicted molar refractivity (Wildman–Crippen MR) is 72.5 cm³/mol. The number of carbonyl (C=O) groups excluding carboxylic acids is 1. The lowest BCUT2D eigenvalue weighted by Crippen LogP contribution is -2.37. The summed E-state index contributed by atoms with van der Waals surface area (Å²) >= 11 is 0. The van der Waals surface area contributed by atoms with E-state index in [0.717, 1.165) is 19.4 Å². The fraction of sp³-hybridized carbons (Fsp3) is 0.438. The molecule has 1 aliphatic carbocycles. The lowest BCUT2D eigenvalue weighted by atomic mass is 10.1. The van der Waals surface area contributed by atoms with Gasteiger partial charge >= 0.3 is 0 Å². The molecule has 1 amide bonds. The highest BCUT2D eigenvalue weighted by Crippen LogP contribution is 2.38. The molecule has 104 valence electrons. The third-order valence-corrected chi connectivity index (χ3v) is 4.19. The second kappa shape index (κ2) is 5.26. The minimum atomic E-state index is -0.513. The minimum Gasteiger partial charge on any atom is -0.384 e. The van der Waals surface area contributed by atoms with Gasteiger partial charge in [0.2, 0.25) is 0 Å². The molecule has 0 spiro atoms. The highest BCUT2D eigenvalue weighted by Gasteiger charge is 2.40. The van der Waals surface area contributed by atoms with Crippen LogP contribution in [0, 0.1) is 23.6 Å². The van der Waals surface area contributed by atoms with E-state index < -0.39 is 5.82 Å². The zero-order chi connectivity index (χ0) is 14.1. The molecule has 1 saturated heterocycles. The quantitative estimate of drug-likeness (QED) is 0.793. The number of piperidine rings is 1. The van der Waals surface area contributed by atoms with Gasteiger partial charge in [0.05, 0.1) is 5.56 Å². The van der Waals surface area contributed by atoms with Crippen molar-refractivity contribution in [3.63, 3.8) is 0 Å². The zero-order valence-electron chi connectivity index (χ0n) is 11.1. The first-order chi connectivity index (χ1) is 9.69. The first kappa shape index (κ1) is 13.1. The first-order valence-corrected chi connectivity index (χ1v) is 6.89. The Bertz CT molecular complexity index is 602. The number of rotatable bonds is 1. The van der Waals surface area contributed by atoms with Crippen LogP contribution in [-0.4, -0.2) is 35.1 Å².